The molecule has 1 amide bonds. The predicted molar refractivity (Wildman–Crippen MR) is 107 cm³/mol. The van der Waals surface area contributed by atoms with Crippen molar-refractivity contribution in [2.24, 2.45) is 0 Å². The average Bonchev–Trinajstić information content (AvgIpc) is 2.65. The van der Waals surface area contributed by atoms with Gasteiger partial charge >= 0.3 is 0 Å². The Morgan fingerprint density at radius 3 is 2.31 bits per heavy atom. The van der Waals surface area contributed by atoms with E-state index in [0.717, 1.165) is 11.1 Å². The fourth-order valence-corrected chi connectivity index (χ4v) is 2.87. The number of amides is 1. The molecule has 0 heterocycles. The smallest absolute Gasteiger partial charge is 0.221 e. The molecule has 0 unspecified atom stereocenters. The first-order valence-electron chi connectivity index (χ1n) is 8.31. The first kappa shape index (κ1) is 17.5. The third-order valence-corrected chi connectivity index (χ3v) is 4.05. The average molecular weight is 347 g/mol. The van der Waals surface area contributed by atoms with Crippen molar-refractivity contribution in [3.63, 3.8) is 0 Å². The van der Waals surface area contributed by atoms with Gasteiger partial charge in [0.05, 0.1) is 19.9 Å². The summed E-state index contributed by atoms with van der Waals surface area (Å²) in [5, 5.41) is 5.19. The summed E-state index contributed by atoms with van der Waals surface area (Å²) in [5.41, 5.74) is 2.58. The Bertz CT molecular complexity index is 976. The number of hydrogen-bond donors (Lipinski definition) is 1. The maximum absolute atomic E-state index is 11.5. The minimum atomic E-state index is -0.166. The Hall–Kier alpha value is -3.27. The number of rotatable bonds is 5. The van der Waals surface area contributed by atoms with Crippen LogP contribution in [0.1, 0.15) is 18.1 Å². The van der Waals surface area contributed by atoms with Crippen molar-refractivity contribution < 1.29 is 14.3 Å². The molecule has 0 saturated carbocycles. The predicted octanol–water partition coefficient (Wildman–Crippen LogP) is 4.99. The third kappa shape index (κ3) is 3.86. The summed E-state index contributed by atoms with van der Waals surface area (Å²) in [6.07, 6.45) is 4.02. The molecule has 0 aliphatic carbocycles. The van der Waals surface area contributed by atoms with Gasteiger partial charge in [-0.05, 0) is 40.1 Å². The van der Waals surface area contributed by atoms with E-state index in [4.69, 9.17) is 9.47 Å². The molecule has 132 valence electrons. The number of methoxy groups -OCH3 is 2. The van der Waals surface area contributed by atoms with Gasteiger partial charge in [0, 0.05) is 6.92 Å². The van der Waals surface area contributed by atoms with Crippen LogP contribution >= 0.6 is 0 Å². The van der Waals surface area contributed by atoms with Gasteiger partial charge in [0.25, 0.3) is 0 Å². The monoisotopic (exact) mass is 347 g/mol. The zero-order valence-electron chi connectivity index (χ0n) is 15.1. The van der Waals surface area contributed by atoms with Gasteiger partial charge < -0.3 is 14.8 Å². The number of fused-ring (bicyclic) bond motifs is 1. The lowest BCUT2D eigenvalue weighted by atomic mass is 10.1. The number of hydrogen-bond acceptors (Lipinski definition) is 3. The summed E-state index contributed by atoms with van der Waals surface area (Å²) in [4.78, 5) is 11.5. The number of carbonyl (C=O) groups is 1. The normalized spacial score (nSPS) is 10.9. The maximum atomic E-state index is 11.5. The van der Waals surface area contributed by atoms with Crippen LogP contribution in [0.2, 0.25) is 0 Å². The Balaban J connectivity index is 1.96. The largest absolute Gasteiger partial charge is 0.493 e. The Kier molecular flexibility index (Phi) is 5.23. The van der Waals surface area contributed by atoms with Crippen molar-refractivity contribution in [3.8, 4) is 11.5 Å². The molecule has 0 aliphatic heterocycles. The second kappa shape index (κ2) is 7.74. The quantitative estimate of drug-likeness (QED) is 0.662. The SMILES string of the molecule is COc1cc(/C=C\c2ccc3ccccc3c2)cc(NC(C)=O)c1OC. The number of carbonyl (C=O) groups excluding carboxylic acids is 1. The van der Waals surface area contributed by atoms with Gasteiger partial charge in [-0.1, -0.05) is 48.6 Å². The molecular formula is C22H21NO3. The van der Waals surface area contributed by atoms with E-state index in [-0.39, 0.29) is 5.91 Å². The van der Waals surface area contributed by atoms with Crippen molar-refractivity contribution in [3.05, 3.63) is 65.7 Å². The molecule has 0 spiro atoms. The molecule has 3 aromatic carbocycles. The van der Waals surface area contributed by atoms with Gasteiger partial charge in [0.1, 0.15) is 0 Å². The molecule has 3 aromatic rings. The van der Waals surface area contributed by atoms with Gasteiger partial charge in [0.2, 0.25) is 5.91 Å². The lowest BCUT2D eigenvalue weighted by molar-refractivity contribution is -0.114. The summed E-state index contributed by atoms with van der Waals surface area (Å²) >= 11 is 0. The second-order valence-electron chi connectivity index (χ2n) is 5.93. The van der Waals surface area contributed by atoms with E-state index in [0.29, 0.717) is 17.2 Å². The molecule has 26 heavy (non-hydrogen) atoms. The zero-order chi connectivity index (χ0) is 18.5. The van der Waals surface area contributed by atoms with Crippen molar-refractivity contribution in [1.82, 2.24) is 0 Å². The molecule has 1 N–H and O–H groups in total. The fraction of sp³-hybridized carbons (Fsp3) is 0.136. The minimum absolute atomic E-state index is 0.166. The Morgan fingerprint density at radius 2 is 1.62 bits per heavy atom. The summed E-state index contributed by atoms with van der Waals surface area (Å²) in [6, 6.07) is 18.3. The number of nitrogens with one attached hydrogen (secondary N) is 1. The molecule has 3 rings (SSSR count). The lowest BCUT2D eigenvalue weighted by Gasteiger charge is -2.14. The van der Waals surface area contributed by atoms with E-state index in [9.17, 15) is 4.79 Å². The van der Waals surface area contributed by atoms with Gasteiger partial charge in [-0.3, -0.25) is 4.79 Å². The van der Waals surface area contributed by atoms with Crippen LogP contribution in [0.3, 0.4) is 0 Å². The Morgan fingerprint density at radius 1 is 0.885 bits per heavy atom. The third-order valence-electron chi connectivity index (χ3n) is 4.05. The van der Waals surface area contributed by atoms with Gasteiger partial charge in [-0.25, -0.2) is 0 Å². The highest BCUT2D eigenvalue weighted by molar-refractivity contribution is 5.92. The fourth-order valence-electron chi connectivity index (χ4n) is 2.87. The Labute approximate surface area is 153 Å². The standard InChI is InChI=1S/C22H21NO3/c1-15(24)23-20-13-17(14-21(25-2)22(20)26-3)9-8-16-10-11-18-6-4-5-7-19(18)12-16/h4-14H,1-3H3,(H,23,24)/b9-8-. The van der Waals surface area contributed by atoms with E-state index < -0.39 is 0 Å². The first-order chi connectivity index (χ1) is 12.6. The van der Waals surface area contributed by atoms with Crippen LogP contribution < -0.4 is 14.8 Å². The summed E-state index contributed by atoms with van der Waals surface area (Å²) < 4.78 is 10.8. The molecule has 4 nitrogen and oxygen atoms in total. The van der Waals surface area contributed by atoms with Gasteiger partial charge in [0.15, 0.2) is 11.5 Å². The summed E-state index contributed by atoms with van der Waals surface area (Å²) in [7, 11) is 3.12. The van der Waals surface area contributed by atoms with Crippen molar-refractivity contribution in [1.29, 1.82) is 0 Å². The number of benzene rings is 3. The lowest BCUT2D eigenvalue weighted by Crippen LogP contribution is -2.08. The van der Waals surface area contributed by atoms with Gasteiger partial charge in [-0.2, -0.15) is 0 Å². The topological polar surface area (TPSA) is 47.6 Å². The highest BCUT2D eigenvalue weighted by Gasteiger charge is 2.12. The molecule has 0 atom stereocenters. The number of ether oxygens (including phenoxy) is 2. The molecule has 0 aromatic heterocycles. The minimum Gasteiger partial charge on any atom is -0.493 e. The van der Waals surface area contributed by atoms with Crippen molar-refractivity contribution in [2.75, 3.05) is 19.5 Å². The molecule has 4 heteroatoms. The summed E-state index contributed by atoms with van der Waals surface area (Å²) in [6.45, 7) is 1.46. The van der Waals surface area contributed by atoms with E-state index in [1.807, 2.05) is 36.4 Å². The van der Waals surface area contributed by atoms with E-state index in [1.54, 1.807) is 14.2 Å². The van der Waals surface area contributed by atoms with Gasteiger partial charge in [-0.15, -0.1) is 0 Å². The number of anilines is 1. The van der Waals surface area contributed by atoms with E-state index in [2.05, 4.69) is 35.6 Å². The van der Waals surface area contributed by atoms with Crippen LogP contribution in [0.4, 0.5) is 5.69 Å². The maximum Gasteiger partial charge on any atom is 0.221 e. The van der Waals surface area contributed by atoms with Crippen molar-refractivity contribution in [2.45, 2.75) is 6.92 Å². The second-order valence-corrected chi connectivity index (χ2v) is 5.93. The van der Waals surface area contributed by atoms with E-state index in [1.165, 1.54) is 17.7 Å². The molecule has 0 saturated heterocycles. The molecule has 0 bridgehead atoms. The van der Waals surface area contributed by atoms with E-state index >= 15 is 0 Å². The molecule has 0 radical (unpaired) electrons. The highest BCUT2D eigenvalue weighted by atomic mass is 16.5. The highest BCUT2D eigenvalue weighted by Crippen LogP contribution is 2.37. The van der Waals surface area contributed by atoms with Crippen molar-refractivity contribution >= 4 is 34.5 Å². The van der Waals surface area contributed by atoms with Crippen LogP contribution in [0, 0.1) is 0 Å². The molecule has 0 fully saturated rings. The first-order valence-corrected chi connectivity index (χ1v) is 8.31. The van der Waals surface area contributed by atoms with Crippen LogP contribution in [0.25, 0.3) is 22.9 Å². The zero-order valence-corrected chi connectivity index (χ0v) is 15.1. The van der Waals surface area contributed by atoms with Crippen LogP contribution in [0.5, 0.6) is 11.5 Å². The van der Waals surface area contributed by atoms with Crippen LogP contribution in [-0.4, -0.2) is 20.1 Å². The molecular weight excluding hydrogens is 326 g/mol. The summed E-state index contributed by atoms with van der Waals surface area (Å²) in [5.74, 6) is 0.906. The van der Waals surface area contributed by atoms with Crippen LogP contribution in [0.15, 0.2) is 54.6 Å². The molecule has 0 aliphatic rings. The van der Waals surface area contributed by atoms with Crippen LogP contribution in [-0.2, 0) is 4.79 Å².